The molecule has 3 aromatic rings. The van der Waals surface area contributed by atoms with Crippen molar-refractivity contribution < 1.29 is 4.79 Å². The van der Waals surface area contributed by atoms with E-state index in [1.807, 2.05) is 17.0 Å². The van der Waals surface area contributed by atoms with Crippen molar-refractivity contribution in [3.63, 3.8) is 0 Å². The minimum atomic E-state index is 0.147. The molecule has 1 aromatic carbocycles. The molecule has 0 spiro atoms. The van der Waals surface area contributed by atoms with Crippen molar-refractivity contribution in [2.45, 2.75) is 32.9 Å². The Morgan fingerprint density at radius 2 is 1.97 bits per heavy atom. The summed E-state index contributed by atoms with van der Waals surface area (Å²) in [6.07, 6.45) is 0.947. The quantitative estimate of drug-likeness (QED) is 0.622. The maximum atomic E-state index is 11.8. The molecule has 1 saturated heterocycles. The van der Waals surface area contributed by atoms with Crippen molar-refractivity contribution in [2.75, 3.05) is 38.1 Å². The summed E-state index contributed by atoms with van der Waals surface area (Å²) in [7, 11) is 2.12. The largest absolute Gasteiger partial charge is 0.354 e. The highest BCUT2D eigenvalue weighted by molar-refractivity contribution is 7.10. The minimum absolute atomic E-state index is 0.147. The van der Waals surface area contributed by atoms with Gasteiger partial charge in [-0.05, 0) is 44.0 Å². The molecule has 30 heavy (non-hydrogen) atoms. The van der Waals surface area contributed by atoms with Gasteiger partial charge in [0.2, 0.25) is 5.91 Å². The monoisotopic (exact) mass is 423 g/mol. The third kappa shape index (κ3) is 4.47. The van der Waals surface area contributed by atoms with Crippen LogP contribution in [0.4, 0.5) is 5.82 Å². The van der Waals surface area contributed by atoms with Crippen molar-refractivity contribution in [3.8, 4) is 0 Å². The Balaban J connectivity index is 1.62. The second-order valence-electron chi connectivity index (χ2n) is 7.93. The molecule has 2 aromatic heterocycles. The van der Waals surface area contributed by atoms with Gasteiger partial charge in [-0.15, -0.1) is 11.3 Å². The Hall–Kier alpha value is -2.51. The Morgan fingerprint density at radius 3 is 2.73 bits per heavy atom. The van der Waals surface area contributed by atoms with Gasteiger partial charge in [0.05, 0.1) is 12.1 Å². The smallest absolute Gasteiger partial charge is 0.219 e. The maximum Gasteiger partial charge on any atom is 0.219 e. The van der Waals surface area contributed by atoms with E-state index in [0.29, 0.717) is 12.6 Å². The fourth-order valence-corrected chi connectivity index (χ4v) is 4.82. The Labute approximate surface area is 182 Å². The van der Waals surface area contributed by atoms with E-state index in [9.17, 15) is 4.79 Å². The van der Waals surface area contributed by atoms with Crippen molar-refractivity contribution in [2.24, 2.45) is 0 Å². The second-order valence-corrected chi connectivity index (χ2v) is 8.91. The van der Waals surface area contributed by atoms with Crippen LogP contribution in [-0.4, -0.2) is 58.9 Å². The number of hydrogen-bond donors (Lipinski definition) is 0. The van der Waals surface area contributed by atoms with Crippen LogP contribution >= 0.6 is 11.3 Å². The van der Waals surface area contributed by atoms with Gasteiger partial charge in [-0.3, -0.25) is 9.69 Å². The van der Waals surface area contributed by atoms with Crippen molar-refractivity contribution in [3.05, 3.63) is 52.5 Å². The number of rotatable bonds is 5. The van der Waals surface area contributed by atoms with Crippen LogP contribution in [0.15, 0.2) is 41.8 Å². The standard InChI is InChI=1S/C23H29N5OS/c1-17(21-10-6-15-30-21)26(3)16-22-24-20-9-5-4-8-19(20)23(25-22)28-12-7-11-27(13-14-28)18(2)29/h4-6,8-10,15,17H,7,11-14,16H2,1-3H3/t17-/m0/s1. The lowest BCUT2D eigenvalue weighted by Crippen LogP contribution is -2.34. The number of aromatic nitrogens is 2. The number of benzene rings is 1. The molecule has 0 unspecified atom stereocenters. The van der Waals surface area contributed by atoms with E-state index < -0.39 is 0 Å². The average Bonchev–Trinajstić information content (AvgIpc) is 3.16. The number of carbonyl (C=O) groups excluding carboxylic acids is 1. The van der Waals surface area contributed by atoms with E-state index in [0.717, 1.165) is 55.1 Å². The first-order valence-corrected chi connectivity index (χ1v) is 11.4. The van der Waals surface area contributed by atoms with E-state index in [1.54, 1.807) is 18.3 Å². The van der Waals surface area contributed by atoms with Gasteiger partial charge in [-0.1, -0.05) is 18.2 Å². The zero-order valence-corrected chi connectivity index (χ0v) is 18.7. The number of para-hydroxylation sites is 1. The Kier molecular flexibility index (Phi) is 6.29. The van der Waals surface area contributed by atoms with E-state index in [-0.39, 0.29) is 5.91 Å². The molecule has 158 valence electrons. The molecule has 3 heterocycles. The molecular formula is C23H29N5OS. The highest BCUT2D eigenvalue weighted by atomic mass is 32.1. The first-order valence-electron chi connectivity index (χ1n) is 10.5. The summed E-state index contributed by atoms with van der Waals surface area (Å²) in [5.74, 6) is 1.97. The molecule has 0 aliphatic carbocycles. The molecule has 4 rings (SSSR count). The summed E-state index contributed by atoms with van der Waals surface area (Å²) in [5, 5.41) is 3.19. The molecule has 7 heteroatoms. The van der Waals surface area contributed by atoms with Gasteiger partial charge < -0.3 is 9.80 Å². The van der Waals surface area contributed by atoms with Gasteiger partial charge in [-0.25, -0.2) is 9.97 Å². The molecule has 1 aliphatic rings. The van der Waals surface area contributed by atoms with Crippen LogP contribution in [0, 0.1) is 0 Å². The van der Waals surface area contributed by atoms with Crippen LogP contribution in [0.3, 0.4) is 0 Å². The maximum absolute atomic E-state index is 11.8. The SMILES string of the molecule is CC(=O)N1CCCN(c2nc(CN(C)[C@@H](C)c3cccs3)nc3ccccc23)CC1. The number of amides is 1. The molecule has 0 N–H and O–H groups in total. The fourth-order valence-electron chi connectivity index (χ4n) is 3.97. The highest BCUT2D eigenvalue weighted by Gasteiger charge is 2.21. The molecule has 1 fully saturated rings. The molecule has 1 amide bonds. The lowest BCUT2D eigenvalue weighted by molar-refractivity contribution is -0.128. The van der Waals surface area contributed by atoms with Gasteiger partial charge in [-0.2, -0.15) is 0 Å². The number of thiophene rings is 1. The molecular weight excluding hydrogens is 394 g/mol. The van der Waals surface area contributed by atoms with Crippen molar-refractivity contribution in [1.82, 2.24) is 19.8 Å². The lowest BCUT2D eigenvalue weighted by Gasteiger charge is -2.26. The van der Waals surface area contributed by atoms with Crippen LogP contribution in [0.1, 0.15) is 37.0 Å². The van der Waals surface area contributed by atoms with E-state index in [4.69, 9.17) is 9.97 Å². The Bertz CT molecular complexity index is 1010. The zero-order chi connectivity index (χ0) is 21.1. The van der Waals surface area contributed by atoms with Gasteiger partial charge in [0, 0.05) is 49.4 Å². The van der Waals surface area contributed by atoms with E-state index >= 15 is 0 Å². The number of carbonyl (C=O) groups is 1. The molecule has 6 nitrogen and oxygen atoms in total. The normalized spacial score (nSPS) is 16.1. The third-order valence-corrected chi connectivity index (χ3v) is 6.92. The molecule has 0 radical (unpaired) electrons. The van der Waals surface area contributed by atoms with Crippen molar-refractivity contribution in [1.29, 1.82) is 0 Å². The molecule has 1 aliphatic heterocycles. The van der Waals surface area contributed by atoms with E-state index in [2.05, 4.69) is 53.4 Å². The van der Waals surface area contributed by atoms with Crippen LogP contribution in [0.25, 0.3) is 10.9 Å². The number of hydrogen-bond acceptors (Lipinski definition) is 6. The minimum Gasteiger partial charge on any atom is -0.354 e. The zero-order valence-electron chi connectivity index (χ0n) is 17.9. The summed E-state index contributed by atoms with van der Waals surface area (Å²) in [6, 6.07) is 12.8. The van der Waals surface area contributed by atoms with Crippen LogP contribution < -0.4 is 4.90 Å². The predicted molar refractivity (Wildman–Crippen MR) is 123 cm³/mol. The predicted octanol–water partition coefficient (Wildman–Crippen LogP) is 3.94. The fraction of sp³-hybridized carbons (Fsp3) is 0.435. The number of anilines is 1. The molecule has 1 atom stereocenters. The van der Waals surface area contributed by atoms with Gasteiger partial charge in [0.25, 0.3) is 0 Å². The first-order chi connectivity index (χ1) is 14.5. The van der Waals surface area contributed by atoms with Crippen LogP contribution in [0.2, 0.25) is 0 Å². The van der Waals surface area contributed by atoms with Crippen LogP contribution in [0.5, 0.6) is 0 Å². The van der Waals surface area contributed by atoms with Crippen molar-refractivity contribution >= 4 is 34.0 Å². The second kappa shape index (κ2) is 9.10. The Morgan fingerprint density at radius 1 is 1.13 bits per heavy atom. The van der Waals surface area contributed by atoms with Gasteiger partial charge in [0.1, 0.15) is 11.6 Å². The summed E-state index contributed by atoms with van der Waals surface area (Å²) in [4.78, 5) is 29.6. The molecule has 0 saturated carbocycles. The summed E-state index contributed by atoms with van der Waals surface area (Å²) in [6.45, 7) is 7.79. The summed E-state index contributed by atoms with van der Waals surface area (Å²) < 4.78 is 0. The summed E-state index contributed by atoms with van der Waals surface area (Å²) >= 11 is 1.78. The third-order valence-electron chi connectivity index (χ3n) is 5.88. The average molecular weight is 424 g/mol. The highest BCUT2D eigenvalue weighted by Crippen LogP contribution is 2.27. The van der Waals surface area contributed by atoms with Gasteiger partial charge in [0.15, 0.2) is 0 Å². The number of nitrogens with zero attached hydrogens (tertiary/aromatic N) is 5. The molecule has 0 bridgehead atoms. The van der Waals surface area contributed by atoms with Gasteiger partial charge >= 0.3 is 0 Å². The first kappa shape index (κ1) is 20.8. The lowest BCUT2D eigenvalue weighted by atomic mass is 10.2. The topological polar surface area (TPSA) is 52.6 Å². The van der Waals surface area contributed by atoms with Crippen LogP contribution in [-0.2, 0) is 11.3 Å². The van der Waals surface area contributed by atoms with E-state index in [1.165, 1.54) is 4.88 Å². The number of fused-ring (bicyclic) bond motifs is 1. The summed E-state index contributed by atoms with van der Waals surface area (Å²) in [5.41, 5.74) is 0.974.